The third-order valence-electron chi connectivity index (χ3n) is 4.46. The molecule has 0 atom stereocenters. The van der Waals surface area contributed by atoms with E-state index in [0.717, 1.165) is 24.6 Å². The van der Waals surface area contributed by atoms with Gasteiger partial charge in [-0.2, -0.15) is 0 Å². The Balaban J connectivity index is 1.88. The molecule has 0 radical (unpaired) electrons. The molecule has 0 aliphatic heterocycles. The Morgan fingerprint density at radius 2 is 1.75 bits per heavy atom. The van der Waals surface area contributed by atoms with Crippen molar-refractivity contribution in [3.63, 3.8) is 0 Å². The van der Waals surface area contributed by atoms with Gasteiger partial charge in [0.25, 0.3) is 0 Å². The summed E-state index contributed by atoms with van der Waals surface area (Å²) in [7, 11) is 0. The van der Waals surface area contributed by atoms with Gasteiger partial charge in [0.15, 0.2) is 11.5 Å². The van der Waals surface area contributed by atoms with Crippen LogP contribution in [0, 0.1) is 6.92 Å². The number of benzene rings is 2. The molecule has 2 aromatic carbocycles. The van der Waals surface area contributed by atoms with Crippen LogP contribution in [0.4, 0.5) is 0 Å². The molecule has 0 bridgehead atoms. The zero-order valence-corrected chi connectivity index (χ0v) is 18.9. The van der Waals surface area contributed by atoms with Crippen LogP contribution in [0.3, 0.4) is 0 Å². The van der Waals surface area contributed by atoms with Gasteiger partial charge in [0.1, 0.15) is 11.3 Å². The Labute approximate surface area is 180 Å². The Hall–Kier alpha value is -1.92. The van der Waals surface area contributed by atoms with Crippen molar-refractivity contribution in [1.29, 1.82) is 0 Å². The highest BCUT2D eigenvalue weighted by Gasteiger charge is 2.22. The first-order chi connectivity index (χ1) is 13.4. The molecule has 0 spiro atoms. The minimum Gasteiger partial charge on any atom is -0.461 e. The zero-order valence-electron chi connectivity index (χ0n) is 15.7. The summed E-state index contributed by atoms with van der Waals surface area (Å²) in [4.78, 5) is 25.2. The fourth-order valence-electron chi connectivity index (χ4n) is 3.07. The lowest BCUT2D eigenvalue weighted by molar-refractivity contribution is -0.134. The van der Waals surface area contributed by atoms with Gasteiger partial charge >= 0.3 is 5.97 Å². The van der Waals surface area contributed by atoms with Gasteiger partial charge < -0.3 is 9.15 Å². The number of unbranched alkanes of at least 4 members (excludes halogenated alkanes) is 2. The lowest BCUT2D eigenvalue weighted by atomic mass is 10.0. The van der Waals surface area contributed by atoms with Crippen molar-refractivity contribution in [1.82, 2.24) is 0 Å². The number of esters is 1. The van der Waals surface area contributed by atoms with Gasteiger partial charge in [-0.05, 0) is 63.4 Å². The van der Waals surface area contributed by atoms with Crippen molar-refractivity contribution in [3.8, 4) is 5.75 Å². The first kappa shape index (κ1) is 20.8. The average Bonchev–Trinajstić information content (AvgIpc) is 2.99. The number of fused-ring (bicyclic) bond motifs is 1. The number of hydrogen-bond donors (Lipinski definition) is 0. The molecule has 28 heavy (non-hydrogen) atoms. The summed E-state index contributed by atoms with van der Waals surface area (Å²) >= 11 is 6.85. The Bertz CT molecular complexity index is 1010. The number of halogens is 2. The van der Waals surface area contributed by atoms with Crippen LogP contribution in [0.15, 0.2) is 49.8 Å². The number of rotatable bonds is 7. The quantitative estimate of drug-likeness (QED) is 0.150. The molecule has 0 saturated heterocycles. The molecule has 0 fully saturated rings. The number of ketones is 1. The Morgan fingerprint density at radius 3 is 2.43 bits per heavy atom. The fraction of sp³-hybridized carbons (Fsp3) is 0.273. The maximum absolute atomic E-state index is 13.1. The van der Waals surface area contributed by atoms with Crippen LogP contribution in [0.25, 0.3) is 11.0 Å². The number of carbonyl (C=O) groups excluding carboxylic acids is 2. The van der Waals surface area contributed by atoms with Crippen LogP contribution >= 0.6 is 31.9 Å². The second-order valence-corrected chi connectivity index (χ2v) is 8.27. The minimum absolute atomic E-state index is 0.148. The highest BCUT2D eigenvalue weighted by atomic mass is 79.9. The third-order valence-corrected chi connectivity index (χ3v) is 5.64. The van der Waals surface area contributed by atoms with Crippen LogP contribution in [0.5, 0.6) is 5.75 Å². The van der Waals surface area contributed by atoms with Crippen LogP contribution in [0.1, 0.15) is 54.3 Å². The van der Waals surface area contributed by atoms with E-state index < -0.39 is 0 Å². The number of carbonyl (C=O) groups is 2. The molecule has 0 N–H and O–H groups in total. The molecule has 0 saturated carbocycles. The van der Waals surface area contributed by atoms with E-state index in [2.05, 4.69) is 38.8 Å². The van der Waals surface area contributed by atoms with Crippen LogP contribution in [0.2, 0.25) is 0 Å². The molecule has 0 amide bonds. The van der Waals surface area contributed by atoms with Crippen molar-refractivity contribution >= 4 is 54.6 Å². The number of hydrogen-bond acceptors (Lipinski definition) is 4. The van der Waals surface area contributed by atoms with E-state index in [-0.39, 0.29) is 11.8 Å². The average molecular weight is 508 g/mol. The molecule has 0 aliphatic carbocycles. The summed E-state index contributed by atoms with van der Waals surface area (Å²) in [6.45, 7) is 3.86. The van der Waals surface area contributed by atoms with E-state index in [0.29, 0.717) is 43.6 Å². The first-order valence-corrected chi connectivity index (χ1v) is 10.7. The van der Waals surface area contributed by atoms with Crippen molar-refractivity contribution in [2.75, 3.05) is 0 Å². The second kappa shape index (κ2) is 9.05. The monoisotopic (exact) mass is 506 g/mol. The molecule has 1 heterocycles. The molecule has 6 heteroatoms. The summed E-state index contributed by atoms with van der Waals surface area (Å²) < 4.78 is 12.3. The van der Waals surface area contributed by atoms with E-state index >= 15 is 0 Å². The van der Waals surface area contributed by atoms with Gasteiger partial charge in [0.2, 0.25) is 0 Å². The fourth-order valence-corrected chi connectivity index (χ4v) is 4.42. The molecule has 0 aliphatic rings. The molecule has 0 unspecified atom stereocenters. The molecular formula is C22H20Br2O4. The number of para-hydroxylation sites is 1. The maximum Gasteiger partial charge on any atom is 0.311 e. The minimum atomic E-state index is -0.286. The molecule has 146 valence electrons. The molecule has 3 aromatic rings. The molecule has 4 nitrogen and oxygen atoms in total. The SMILES string of the molecule is CCCCCC(=O)Oc1c(Br)cc(C(=O)c2c(C)oc3ccccc23)cc1Br. The summed E-state index contributed by atoms with van der Waals surface area (Å²) in [5.41, 5.74) is 1.69. The number of aryl methyl sites for hydroxylation is 1. The smallest absolute Gasteiger partial charge is 0.311 e. The largest absolute Gasteiger partial charge is 0.461 e. The predicted molar refractivity (Wildman–Crippen MR) is 116 cm³/mol. The normalized spacial score (nSPS) is 11.0. The van der Waals surface area contributed by atoms with E-state index in [1.807, 2.05) is 24.3 Å². The van der Waals surface area contributed by atoms with E-state index in [9.17, 15) is 9.59 Å². The maximum atomic E-state index is 13.1. The Kier molecular flexibility index (Phi) is 6.73. The first-order valence-electron chi connectivity index (χ1n) is 9.15. The summed E-state index contributed by atoms with van der Waals surface area (Å²) in [5, 5.41) is 0.781. The molecule has 1 aromatic heterocycles. The zero-order chi connectivity index (χ0) is 20.3. The van der Waals surface area contributed by atoms with E-state index in [4.69, 9.17) is 9.15 Å². The Morgan fingerprint density at radius 1 is 1.07 bits per heavy atom. The van der Waals surface area contributed by atoms with Gasteiger partial charge in [0, 0.05) is 17.4 Å². The van der Waals surface area contributed by atoms with Crippen LogP contribution in [-0.2, 0) is 4.79 Å². The lowest BCUT2D eigenvalue weighted by Crippen LogP contribution is -2.09. The van der Waals surface area contributed by atoms with Gasteiger partial charge in [0.05, 0.1) is 14.5 Å². The van der Waals surface area contributed by atoms with Crippen molar-refractivity contribution < 1.29 is 18.7 Å². The van der Waals surface area contributed by atoms with Gasteiger partial charge in [-0.1, -0.05) is 38.0 Å². The van der Waals surface area contributed by atoms with Gasteiger partial charge in [-0.15, -0.1) is 0 Å². The molecule has 3 rings (SSSR count). The standard InChI is InChI=1S/C22H20Br2O4/c1-3-4-5-10-19(25)28-22-16(23)11-14(12-17(22)24)21(26)20-13(2)27-18-9-7-6-8-15(18)20/h6-9,11-12H,3-5,10H2,1-2H3. The number of furan rings is 1. The third kappa shape index (κ3) is 4.39. The van der Waals surface area contributed by atoms with Gasteiger partial charge in [-0.25, -0.2) is 0 Å². The van der Waals surface area contributed by atoms with Crippen LogP contribution in [-0.4, -0.2) is 11.8 Å². The molecular weight excluding hydrogens is 488 g/mol. The van der Waals surface area contributed by atoms with Crippen LogP contribution < -0.4 is 4.74 Å². The van der Waals surface area contributed by atoms with Crippen molar-refractivity contribution in [2.24, 2.45) is 0 Å². The van der Waals surface area contributed by atoms with E-state index in [1.54, 1.807) is 19.1 Å². The van der Waals surface area contributed by atoms with Gasteiger partial charge in [-0.3, -0.25) is 9.59 Å². The predicted octanol–water partition coefficient (Wildman–Crippen LogP) is 6.98. The topological polar surface area (TPSA) is 56.5 Å². The summed E-state index contributed by atoms with van der Waals surface area (Å²) in [6, 6.07) is 10.8. The van der Waals surface area contributed by atoms with Crippen molar-refractivity contribution in [3.05, 3.63) is 62.2 Å². The highest BCUT2D eigenvalue weighted by molar-refractivity contribution is 9.11. The second-order valence-electron chi connectivity index (χ2n) is 6.56. The lowest BCUT2D eigenvalue weighted by Gasteiger charge is -2.11. The van der Waals surface area contributed by atoms with E-state index in [1.165, 1.54) is 0 Å². The highest BCUT2D eigenvalue weighted by Crippen LogP contribution is 2.37. The number of ether oxygens (including phenoxy) is 1. The summed E-state index contributed by atoms with van der Waals surface area (Å²) in [5.74, 6) is 0.520. The summed E-state index contributed by atoms with van der Waals surface area (Å²) in [6.07, 6.45) is 3.20. The van der Waals surface area contributed by atoms with Crippen molar-refractivity contribution in [2.45, 2.75) is 39.5 Å².